The van der Waals surface area contributed by atoms with Crippen LogP contribution in [0.25, 0.3) is 0 Å². The van der Waals surface area contributed by atoms with E-state index in [-0.39, 0.29) is 5.02 Å². The molecule has 1 heterocycles. The summed E-state index contributed by atoms with van der Waals surface area (Å²) in [6, 6.07) is 2.60. The van der Waals surface area contributed by atoms with Crippen LogP contribution in [0, 0.1) is 0 Å². The number of carbonyl (C=O) groups excluding carboxylic acids is 4. The molecule has 23 heavy (non-hydrogen) atoms. The Balaban J connectivity index is 2.29. The van der Waals surface area contributed by atoms with Crippen molar-refractivity contribution in [2.45, 2.75) is 12.5 Å². The van der Waals surface area contributed by atoms with Gasteiger partial charge in [-0.3, -0.25) is 19.8 Å². The first kappa shape index (κ1) is 17.0. The summed E-state index contributed by atoms with van der Waals surface area (Å²) in [5, 5.41) is 4.82. The van der Waals surface area contributed by atoms with Crippen LogP contribution in [-0.2, 0) is 15.1 Å². The molecule has 1 atom stereocenters. The van der Waals surface area contributed by atoms with Crippen LogP contribution in [0.15, 0.2) is 18.2 Å². The highest BCUT2D eigenvalue weighted by molar-refractivity contribution is 6.35. The van der Waals surface area contributed by atoms with Gasteiger partial charge in [-0.15, -0.1) is 0 Å². The van der Waals surface area contributed by atoms with Crippen LogP contribution in [0.1, 0.15) is 12.5 Å². The Hall–Kier alpha value is -2.32. The highest BCUT2D eigenvalue weighted by Gasteiger charge is 2.50. The van der Waals surface area contributed by atoms with Crippen LogP contribution in [0.3, 0.4) is 0 Å². The van der Waals surface area contributed by atoms with Gasteiger partial charge in [0, 0.05) is 15.6 Å². The summed E-state index contributed by atoms with van der Waals surface area (Å²) < 4.78 is 0. The second-order valence-electron chi connectivity index (χ2n) is 4.98. The summed E-state index contributed by atoms with van der Waals surface area (Å²) in [6.07, 6.45) is 0. The van der Waals surface area contributed by atoms with Gasteiger partial charge in [0.05, 0.1) is 0 Å². The minimum atomic E-state index is -1.45. The molecule has 1 aliphatic rings. The first-order chi connectivity index (χ1) is 10.6. The average molecular weight is 359 g/mol. The minimum Gasteiger partial charge on any atom is -0.351 e. The molecule has 0 bridgehead atoms. The Morgan fingerprint density at radius 3 is 2.57 bits per heavy atom. The van der Waals surface area contributed by atoms with Crippen molar-refractivity contribution in [3.63, 3.8) is 0 Å². The summed E-state index contributed by atoms with van der Waals surface area (Å²) in [5.41, 5.74) is 3.69. The lowest BCUT2D eigenvalue weighted by Crippen LogP contribution is -2.45. The molecule has 0 aliphatic carbocycles. The van der Waals surface area contributed by atoms with Gasteiger partial charge in [-0.1, -0.05) is 29.3 Å². The van der Waals surface area contributed by atoms with Crippen molar-refractivity contribution in [1.82, 2.24) is 15.5 Å². The Labute approximate surface area is 140 Å². The third kappa shape index (κ3) is 3.22. The molecular formula is C13H12Cl2N4O4. The van der Waals surface area contributed by atoms with E-state index < -0.39 is 36.0 Å². The van der Waals surface area contributed by atoms with Crippen molar-refractivity contribution >= 4 is 47.1 Å². The maximum absolute atomic E-state index is 12.6. The number of nitrogens with one attached hydrogen (secondary N) is 2. The fraction of sp³-hybridized carbons (Fsp3) is 0.231. The van der Waals surface area contributed by atoms with E-state index in [0.29, 0.717) is 15.5 Å². The third-order valence-corrected chi connectivity index (χ3v) is 3.86. The fourth-order valence-electron chi connectivity index (χ4n) is 2.24. The van der Waals surface area contributed by atoms with E-state index in [9.17, 15) is 19.2 Å². The number of amides is 6. The number of primary amides is 1. The Morgan fingerprint density at radius 2 is 2.00 bits per heavy atom. The van der Waals surface area contributed by atoms with Crippen molar-refractivity contribution in [2.24, 2.45) is 5.73 Å². The number of nitrogens with zero attached hydrogens (tertiary/aromatic N) is 1. The lowest BCUT2D eigenvalue weighted by molar-refractivity contribution is -0.134. The van der Waals surface area contributed by atoms with Crippen LogP contribution < -0.4 is 16.4 Å². The average Bonchev–Trinajstić information content (AvgIpc) is 2.62. The second-order valence-corrected chi connectivity index (χ2v) is 5.83. The number of halogens is 2. The molecule has 6 amide bonds. The molecule has 1 aromatic carbocycles. The quantitative estimate of drug-likeness (QED) is 0.696. The summed E-state index contributed by atoms with van der Waals surface area (Å²) in [5.74, 6) is -1.57. The van der Waals surface area contributed by atoms with Gasteiger partial charge in [-0.2, -0.15) is 0 Å². The van der Waals surface area contributed by atoms with Crippen molar-refractivity contribution in [3.8, 4) is 0 Å². The van der Waals surface area contributed by atoms with E-state index in [0.717, 1.165) is 0 Å². The lowest BCUT2D eigenvalue weighted by Gasteiger charge is -2.23. The van der Waals surface area contributed by atoms with Crippen LogP contribution in [0.2, 0.25) is 10.0 Å². The predicted molar refractivity (Wildman–Crippen MR) is 81.8 cm³/mol. The predicted octanol–water partition coefficient (Wildman–Crippen LogP) is 0.955. The SMILES string of the molecule is C[C@]1(c2ccc(Cl)cc2Cl)NC(=O)N(CC(=O)NC(N)=O)C1=O. The van der Waals surface area contributed by atoms with Crippen LogP contribution >= 0.6 is 23.2 Å². The zero-order valence-corrected chi connectivity index (χ0v) is 13.4. The molecule has 1 saturated heterocycles. The Morgan fingerprint density at radius 1 is 1.35 bits per heavy atom. The zero-order chi connectivity index (χ0) is 17.4. The number of benzene rings is 1. The first-order valence-electron chi connectivity index (χ1n) is 6.34. The van der Waals surface area contributed by atoms with Crippen LogP contribution in [0.5, 0.6) is 0 Å². The minimum absolute atomic E-state index is 0.192. The molecule has 8 nitrogen and oxygen atoms in total. The second kappa shape index (κ2) is 6.05. The van der Waals surface area contributed by atoms with E-state index in [4.69, 9.17) is 28.9 Å². The van der Waals surface area contributed by atoms with Gasteiger partial charge in [0.25, 0.3) is 5.91 Å². The molecule has 0 saturated carbocycles. The fourth-order valence-corrected chi connectivity index (χ4v) is 2.84. The largest absolute Gasteiger partial charge is 0.351 e. The van der Waals surface area contributed by atoms with Gasteiger partial charge in [-0.05, 0) is 19.1 Å². The van der Waals surface area contributed by atoms with Crippen molar-refractivity contribution < 1.29 is 19.2 Å². The highest BCUT2D eigenvalue weighted by atomic mass is 35.5. The lowest BCUT2D eigenvalue weighted by atomic mass is 9.92. The molecule has 0 unspecified atom stereocenters. The number of carbonyl (C=O) groups is 4. The Bertz CT molecular complexity index is 724. The summed E-state index contributed by atoms with van der Waals surface area (Å²) in [4.78, 5) is 47.4. The molecule has 0 aromatic heterocycles. The molecule has 1 aliphatic heterocycles. The van der Waals surface area contributed by atoms with Gasteiger partial charge in [0.2, 0.25) is 5.91 Å². The van der Waals surface area contributed by atoms with Gasteiger partial charge >= 0.3 is 12.1 Å². The number of rotatable bonds is 3. The molecule has 2 rings (SSSR count). The number of nitrogens with two attached hydrogens (primary N) is 1. The summed E-state index contributed by atoms with van der Waals surface area (Å²) in [6.45, 7) is 0.808. The van der Waals surface area contributed by atoms with E-state index in [1.54, 1.807) is 5.32 Å². The summed E-state index contributed by atoms with van der Waals surface area (Å²) >= 11 is 11.9. The van der Waals surface area contributed by atoms with E-state index in [1.807, 2.05) is 0 Å². The molecule has 1 fully saturated rings. The van der Waals surface area contributed by atoms with Crippen molar-refractivity contribution in [1.29, 1.82) is 0 Å². The molecule has 0 radical (unpaired) electrons. The monoisotopic (exact) mass is 358 g/mol. The number of urea groups is 2. The standard InChI is InChI=1S/C13H12Cl2N4O4/c1-13(7-3-2-6(14)4-8(7)15)10(21)19(12(23)18-13)5-9(20)17-11(16)22/h2-4H,5H2,1H3,(H,18,23)(H3,16,17,20,22)/t13-/m1/s1. The zero-order valence-electron chi connectivity index (χ0n) is 11.9. The van der Waals surface area contributed by atoms with E-state index in [2.05, 4.69) is 5.32 Å². The van der Waals surface area contributed by atoms with Crippen molar-refractivity contribution in [3.05, 3.63) is 33.8 Å². The van der Waals surface area contributed by atoms with Gasteiger partial charge < -0.3 is 11.1 Å². The smallest absolute Gasteiger partial charge is 0.325 e. The molecule has 4 N–H and O–H groups in total. The first-order valence-corrected chi connectivity index (χ1v) is 7.09. The maximum atomic E-state index is 12.6. The maximum Gasteiger partial charge on any atom is 0.325 e. The number of hydrogen-bond acceptors (Lipinski definition) is 4. The number of imide groups is 2. The molecule has 10 heteroatoms. The van der Waals surface area contributed by atoms with Crippen LogP contribution in [0.4, 0.5) is 9.59 Å². The highest BCUT2D eigenvalue weighted by Crippen LogP contribution is 2.34. The van der Waals surface area contributed by atoms with Crippen molar-refractivity contribution in [2.75, 3.05) is 6.54 Å². The molecule has 0 spiro atoms. The number of hydrogen-bond donors (Lipinski definition) is 3. The summed E-state index contributed by atoms with van der Waals surface area (Å²) in [7, 11) is 0. The molecular weight excluding hydrogens is 347 g/mol. The van der Waals surface area contributed by atoms with Crippen LogP contribution in [-0.4, -0.2) is 35.3 Å². The van der Waals surface area contributed by atoms with Gasteiger partial charge in [-0.25, -0.2) is 9.59 Å². The molecule has 1 aromatic rings. The van der Waals surface area contributed by atoms with Gasteiger partial charge in [0.15, 0.2) is 0 Å². The Kier molecular flexibility index (Phi) is 4.49. The van der Waals surface area contributed by atoms with Gasteiger partial charge in [0.1, 0.15) is 12.1 Å². The normalized spacial score (nSPS) is 20.4. The molecule has 122 valence electrons. The third-order valence-electron chi connectivity index (χ3n) is 3.31. The van der Waals surface area contributed by atoms with E-state index in [1.165, 1.54) is 25.1 Å². The van der Waals surface area contributed by atoms with E-state index >= 15 is 0 Å². The topological polar surface area (TPSA) is 122 Å².